The number of piperidine rings is 1. The van der Waals surface area contributed by atoms with Gasteiger partial charge in [0.2, 0.25) is 5.91 Å². The molecule has 2 aliphatic carbocycles. The second-order valence-electron chi connectivity index (χ2n) is 7.95. The van der Waals surface area contributed by atoms with Gasteiger partial charge >= 0.3 is 0 Å². The zero-order chi connectivity index (χ0) is 16.4. The molecule has 0 aromatic rings. The van der Waals surface area contributed by atoms with Crippen molar-refractivity contribution >= 4 is 15.7 Å². The van der Waals surface area contributed by atoms with E-state index >= 15 is 0 Å². The van der Waals surface area contributed by atoms with E-state index < -0.39 is 9.84 Å². The van der Waals surface area contributed by atoms with E-state index in [9.17, 15) is 13.2 Å². The number of amides is 1. The Morgan fingerprint density at radius 2 is 1.87 bits per heavy atom. The lowest BCUT2D eigenvalue weighted by molar-refractivity contribution is -0.123. The first-order chi connectivity index (χ1) is 10.9. The predicted molar refractivity (Wildman–Crippen MR) is 90.9 cm³/mol. The van der Waals surface area contributed by atoms with E-state index in [2.05, 4.69) is 10.2 Å². The molecule has 2 bridgehead atoms. The second kappa shape index (κ2) is 7.09. The maximum atomic E-state index is 12.3. The number of carbonyl (C=O) groups is 1. The van der Waals surface area contributed by atoms with Gasteiger partial charge in [-0.15, -0.1) is 0 Å². The van der Waals surface area contributed by atoms with Crippen molar-refractivity contribution in [2.24, 2.45) is 17.8 Å². The van der Waals surface area contributed by atoms with Gasteiger partial charge in [-0.25, -0.2) is 8.42 Å². The average Bonchev–Trinajstić information content (AvgIpc) is 3.08. The first-order valence-corrected chi connectivity index (χ1v) is 11.1. The van der Waals surface area contributed by atoms with E-state index in [-0.39, 0.29) is 17.7 Å². The first kappa shape index (κ1) is 17.2. The van der Waals surface area contributed by atoms with Crippen molar-refractivity contribution in [3.63, 3.8) is 0 Å². The van der Waals surface area contributed by atoms with Gasteiger partial charge in [0.05, 0.1) is 5.75 Å². The van der Waals surface area contributed by atoms with Gasteiger partial charge in [-0.2, -0.15) is 0 Å². The zero-order valence-electron chi connectivity index (χ0n) is 14.2. The topological polar surface area (TPSA) is 66.5 Å². The van der Waals surface area contributed by atoms with Crippen LogP contribution in [0.5, 0.6) is 0 Å². The number of likely N-dealkylation sites (tertiary alicyclic amines) is 1. The number of nitrogens with zero attached hydrogens (tertiary/aromatic N) is 1. The van der Waals surface area contributed by atoms with E-state index in [4.69, 9.17) is 0 Å². The number of hydrogen-bond acceptors (Lipinski definition) is 4. The third kappa shape index (κ3) is 4.92. The molecule has 6 heteroatoms. The van der Waals surface area contributed by atoms with Gasteiger partial charge in [0, 0.05) is 38.4 Å². The summed E-state index contributed by atoms with van der Waals surface area (Å²) in [5.74, 6) is 2.80. The van der Waals surface area contributed by atoms with E-state index in [0.29, 0.717) is 12.5 Å². The van der Waals surface area contributed by atoms with Crippen LogP contribution in [0.2, 0.25) is 0 Å². The molecular weight excluding hydrogens is 312 g/mol. The minimum Gasteiger partial charge on any atom is -0.353 e. The molecule has 1 aliphatic heterocycles. The quantitative estimate of drug-likeness (QED) is 0.793. The molecule has 5 nitrogen and oxygen atoms in total. The van der Waals surface area contributed by atoms with Crippen molar-refractivity contribution in [3.8, 4) is 0 Å². The molecule has 0 unspecified atom stereocenters. The van der Waals surface area contributed by atoms with E-state index in [0.717, 1.165) is 44.2 Å². The summed E-state index contributed by atoms with van der Waals surface area (Å²) in [5.41, 5.74) is 0. The van der Waals surface area contributed by atoms with Crippen LogP contribution in [0.3, 0.4) is 0 Å². The van der Waals surface area contributed by atoms with E-state index in [1.54, 1.807) is 0 Å². The Kier molecular flexibility index (Phi) is 5.31. The molecule has 0 aromatic carbocycles. The highest BCUT2D eigenvalue weighted by atomic mass is 32.2. The molecular formula is C17H30N2O3S. The van der Waals surface area contributed by atoms with Crippen LogP contribution in [0.15, 0.2) is 0 Å². The Morgan fingerprint density at radius 1 is 1.13 bits per heavy atom. The van der Waals surface area contributed by atoms with Crippen LogP contribution in [0.4, 0.5) is 0 Å². The van der Waals surface area contributed by atoms with Crippen LogP contribution in [0, 0.1) is 17.8 Å². The average molecular weight is 343 g/mol. The van der Waals surface area contributed by atoms with Gasteiger partial charge in [0.15, 0.2) is 0 Å². The van der Waals surface area contributed by atoms with Gasteiger partial charge in [-0.3, -0.25) is 4.79 Å². The molecule has 2 saturated carbocycles. The normalized spacial score (nSPS) is 32.3. The van der Waals surface area contributed by atoms with Gasteiger partial charge in [0.1, 0.15) is 9.84 Å². The van der Waals surface area contributed by atoms with Crippen LogP contribution in [-0.4, -0.2) is 56.9 Å². The SMILES string of the molecule is CS(=O)(=O)CCN1CCC(NC(=O)C[C@@H]2C[C@H]3CC[C@H]2C3)CC1. The van der Waals surface area contributed by atoms with Crippen LogP contribution in [0.25, 0.3) is 0 Å². The second-order valence-corrected chi connectivity index (χ2v) is 10.2. The highest BCUT2D eigenvalue weighted by Gasteiger charge is 2.40. The molecule has 1 amide bonds. The van der Waals surface area contributed by atoms with Crippen molar-refractivity contribution in [1.82, 2.24) is 10.2 Å². The molecule has 3 aliphatic rings. The Balaban J connectivity index is 1.34. The Hall–Kier alpha value is -0.620. The van der Waals surface area contributed by atoms with Crippen LogP contribution in [0.1, 0.15) is 44.9 Å². The molecule has 3 rings (SSSR count). The summed E-state index contributed by atoms with van der Waals surface area (Å²) in [6.07, 6.45) is 9.22. The van der Waals surface area contributed by atoms with Crippen molar-refractivity contribution in [1.29, 1.82) is 0 Å². The molecule has 0 spiro atoms. The monoisotopic (exact) mass is 342 g/mol. The van der Waals surface area contributed by atoms with Gasteiger partial charge in [-0.1, -0.05) is 6.42 Å². The molecule has 3 atom stereocenters. The van der Waals surface area contributed by atoms with Crippen LogP contribution < -0.4 is 5.32 Å². The molecule has 3 fully saturated rings. The third-order valence-electron chi connectivity index (χ3n) is 6.06. The van der Waals surface area contributed by atoms with Crippen LogP contribution >= 0.6 is 0 Å². The highest BCUT2D eigenvalue weighted by Crippen LogP contribution is 2.49. The third-order valence-corrected chi connectivity index (χ3v) is 6.99. The molecule has 0 radical (unpaired) electrons. The fourth-order valence-corrected chi connectivity index (χ4v) is 5.34. The fraction of sp³-hybridized carbons (Fsp3) is 0.941. The standard InChI is InChI=1S/C17H30N2O3S/c1-23(21,22)9-8-19-6-4-16(5-7-19)18-17(20)12-15-11-13-2-3-14(15)10-13/h13-16H,2-12H2,1H3,(H,18,20)/t13-,14-,15-/m0/s1. The summed E-state index contributed by atoms with van der Waals surface area (Å²) in [5, 5.41) is 3.21. The molecule has 23 heavy (non-hydrogen) atoms. The lowest BCUT2D eigenvalue weighted by atomic mass is 9.86. The summed E-state index contributed by atoms with van der Waals surface area (Å²) in [7, 11) is -2.89. The number of fused-ring (bicyclic) bond motifs is 2. The largest absolute Gasteiger partial charge is 0.353 e. The summed E-state index contributed by atoms with van der Waals surface area (Å²) in [6, 6.07) is 0.274. The fourth-order valence-electron chi connectivity index (χ4n) is 4.75. The van der Waals surface area contributed by atoms with E-state index in [1.807, 2.05) is 0 Å². The molecule has 1 N–H and O–H groups in total. The first-order valence-electron chi connectivity index (χ1n) is 9.08. The zero-order valence-corrected chi connectivity index (χ0v) is 15.0. The summed E-state index contributed by atoms with van der Waals surface area (Å²) in [4.78, 5) is 14.5. The number of carbonyl (C=O) groups excluding carboxylic acids is 1. The number of nitrogens with one attached hydrogen (secondary N) is 1. The Morgan fingerprint density at radius 3 is 2.43 bits per heavy atom. The van der Waals surface area contributed by atoms with Gasteiger partial charge in [0.25, 0.3) is 0 Å². The Bertz CT molecular complexity index is 526. The smallest absolute Gasteiger partial charge is 0.220 e. The molecule has 0 aromatic heterocycles. The number of hydrogen-bond donors (Lipinski definition) is 1. The lowest BCUT2D eigenvalue weighted by Crippen LogP contribution is -2.46. The molecule has 1 saturated heterocycles. The van der Waals surface area contributed by atoms with Crippen molar-refractivity contribution in [2.45, 2.75) is 51.0 Å². The lowest BCUT2D eigenvalue weighted by Gasteiger charge is -2.32. The summed E-state index contributed by atoms with van der Waals surface area (Å²) < 4.78 is 22.4. The minimum absolute atomic E-state index is 0.230. The summed E-state index contributed by atoms with van der Waals surface area (Å²) in [6.45, 7) is 2.38. The predicted octanol–water partition coefficient (Wildman–Crippen LogP) is 1.44. The maximum absolute atomic E-state index is 12.3. The summed E-state index contributed by atoms with van der Waals surface area (Å²) >= 11 is 0. The minimum atomic E-state index is -2.89. The van der Waals surface area contributed by atoms with Crippen LogP contribution in [-0.2, 0) is 14.6 Å². The molecule has 1 heterocycles. The molecule has 132 valence electrons. The number of sulfone groups is 1. The highest BCUT2D eigenvalue weighted by molar-refractivity contribution is 7.90. The Labute approximate surface area is 140 Å². The van der Waals surface area contributed by atoms with Gasteiger partial charge in [-0.05, 0) is 49.9 Å². The van der Waals surface area contributed by atoms with Gasteiger partial charge < -0.3 is 10.2 Å². The number of rotatable bonds is 6. The van der Waals surface area contributed by atoms with E-state index in [1.165, 1.54) is 31.9 Å². The van der Waals surface area contributed by atoms with Crippen molar-refractivity contribution in [3.05, 3.63) is 0 Å². The maximum Gasteiger partial charge on any atom is 0.220 e. The van der Waals surface area contributed by atoms with Crippen molar-refractivity contribution < 1.29 is 13.2 Å². The van der Waals surface area contributed by atoms with Crippen molar-refractivity contribution in [2.75, 3.05) is 31.6 Å².